The summed E-state index contributed by atoms with van der Waals surface area (Å²) in [4.78, 5) is 0. The van der Waals surface area contributed by atoms with E-state index in [2.05, 4.69) is 12.3 Å². The molecule has 0 bridgehead atoms. The van der Waals surface area contributed by atoms with Crippen molar-refractivity contribution in [1.82, 2.24) is 0 Å². The monoisotopic (exact) mass is 168 g/mol. The molecule has 0 unspecified atom stereocenters. The molecule has 0 aromatic heterocycles. The van der Waals surface area contributed by atoms with Crippen LogP contribution in [0.15, 0.2) is 30.3 Å². The number of benzene rings is 1. The Balaban J connectivity index is 0.000000218. The number of alkyl halides is 1. The molecule has 1 aromatic rings. The van der Waals surface area contributed by atoms with Crippen molar-refractivity contribution in [3.05, 3.63) is 30.3 Å². The largest absolute Gasteiger partial charge is 0.508 e. The highest BCUT2D eigenvalue weighted by Crippen LogP contribution is 2.02. The van der Waals surface area contributed by atoms with Crippen LogP contribution < -0.4 is 0 Å². The number of hydrogen-bond donors (Lipinski definition) is 1. The maximum Gasteiger partial charge on any atom is 0.115 e. The van der Waals surface area contributed by atoms with Gasteiger partial charge in [0.25, 0.3) is 0 Å². The molecule has 0 saturated carbocycles. The van der Waals surface area contributed by atoms with Gasteiger partial charge in [0.1, 0.15) is 5.75 Å². The van der Waals surface area contributed by atoms with Crippen molar-refractivity contribution in [2.24, 2.45) is 0 Å². The van der Waals surface area contributed by atoms with E-state index in [1.54, 1.807) is 24.3 Å². The summed E-state index contributed by atoms with van der Waals surface area (Å²) in [6.45, 7) is 0. The van der Waals surface area contributed by atoms with E-state index < -0.39 is 0 Å². The van der Waals surface area contributed by atoms with Crippen LogP contribution in [0.4, 0.5) is 0 Å². The van der Waals surface area contributed by atoms with Gasteiger partial charge in [-0.25, -0.2) is 0 Å². The maximum absolute atomic E-state index is 8.63. The van der Waals surface area contributed by atoms with Gasteiger partial charge in [-0.3, -0.25) is 0 Å². The van der Waals surface area contributed by atoms with Crippen molar-refractivity contribution in [1.29, 1.82) is 0 Å². The van der Waals surface area contributed by atoms with Crippen LogP contribution in [0.2, 0.25) is 0 Å². The molecule has 0 amide bonds. The van der Waals surface area contributed by atoms with E-state index in [-0.39, 0.29) is 0 Å². The Morgan fingerprint density at radius 1 is 1.36 bits per heavy atom. The highest BCUT2D eigenvalue weighted by atomic mass is 35.5. The summed E-state index contributed by atoms with van der Waals surface area (Å²) in [7, 11) is 0. The Labute approximate surface area is 71.6 Å². The average Bonchev–Trinajstić information content (AvgIpc) is 2.07. The minimum absolute atomic E-state index is 0.319. The molecule has 1 nitrogen and oxygen atoms in total. The number of phenolic OH excluding ortho intramolecular Hbond substituents is 1. The average molecular weight is 169 g/mol. The molecule has 11 heavy (non-hydrogen) atoms. The lowest BCUT2D eigenvalue weighted by Gasteiger charge is -1.82. The molecule has 1 rings (SSSR count). The Bertz CT molecular complexity index is 213. The van der Waals surface area contributed by atoms with Gasteiger partial charge in [-0.05, 0) is 12.1 Å². The Morgan fingerprint density at radius 2 is 1.82 bits per heavy atom. The van der Waals surface area contributed by atoms with Crippen LogP contribution in [0.3, 0.4) is 0 Å². The third-order valence-electron chi connectivity index (χ3n) is 0.833. The van der Waals surface area contributed by atoms with Crippen molar-refractivity contribution in [2.45, 2.75) is 0 Å². The highest BCUT2D eigenvalue weighted by Gasteiger charge is 1.74. The Kier molecular flexibility index (Phi) is 6.27. The molecule has 0 fully saturated rings. The van der Waals surface area contributed by atoms with Gasteiger partial charge in [-0.2, -0.15) is 0 Å². The van der Waals surface area contributed by atoms with Gasteiger partial charge in [0.15, 0.2) is 0 Å². The topological polar surface area (TPSA) is 20.2 Å². The lowest BCUT2D eigenvalue weighted by molar-refractivity contribution is 0.475. The van der Waals surface area contributed by atoms with E-state index in [0.29, 0.717) is 11.6 Å². The molecule has 0 spiro atoms. The lowest BCUT2D eigenvalue weighted by Crippen LogP contribution is -1.56. The molecule has 1 N–H and O–H groups in total. The minimum Gasteiger partial charge on any atom is -0.508 e. The molecular formula is C9H9ClO. The summed E-state index contributed by atoms with van der Waals surface area (Å²) in [6, 6.07) is 8.71. The zero-order chi connectivity index (χ0) is 8.53. The van der Waals surface area contributed by atoms with Crippen LogP contribution in [0.5, 0.6) is 5.75 Å². The Hall–Kier alpha value is -1.13. The first-order valence-corrected chi connectivity index (χ1v) is 3.58. The molecular weight excluding hydrogens is 160 g/mol. The van der Waals surface area contributed by atoms with Crippen molar-refractivity contribution < 1.29 is 5.11 Å². The van der Waals surface area contributed by atoms with Crippen molar-refractivity contribution in [3.8, 4) is 18.1 Å². The summed E-state index contributed by atoms with van der Waals surface area (Å²) in [6.07, 6.45) is 4.65. The number of rotatable bonds is 0. The predicted octanol–water partition coefficient (Wildman–Crippen LogP) is 2.25. The minimum atomic E-state index is 0.319. The maximum atomic E-state index is 8.63. The summed E-state index contributed by atoms with van der Waals surface area (Å²) >= 11 is 4.95. The quantitative estimate of drug-likeness (QED) is 0.466. The molecule has 0 aliphatic heterocycles. The molecule has 1 aromatic carbocycles. The highest BCUT2D eigenvalue weighted by molar-refractivity contribution is 6.19. The van der Waals surface area contributed by atoms with E-state index in [1.807, 2.05) is 6.07 Å². The van der Waals surface area contributed by atoms with Crippen LogP contribution in [0, 0.1) is 12.3 Å². The van der Waals surface area contributed by atoms with E-state index in [1.165, 1.54) is 0 Å². The first-order chi connectivity index (χ1) is 5.31. The molecule has 0 aliphatic rings. The molecule has 0 atom stereocenters. The number of hydrogen-bond acceptors (Lipinski definition) is 1. The van der Waals surface area contributed by atoms with Crippen molar-refractivity contribution >= 4 is 11.6 Å². The third kappa shape index (κ3) is 6.76. The van der Waals surface area contributed by atoms with Gasteiger partial charge in [0.2, 0.25) is 0 Å². The Morgan fingerprint density at radius 3 is 2.00 bits per heavy atom. The number of terminal acetylenes is 1. The summed E-state index contributed by atoms with van der Waals surface area (Å²) < 4.78 is 0. The van der Waals surface area contributed by atoms with Gasteiger partial charge < -0.3 is 5.11 Å². The lowest BCUT2D eigenvalue weighted by atomic mass is 10.3. The van der Waals surface area contributed by atoms with Crippen molar-refractivity contribution in [3.63, 3.8) is 0 Å². The molecule has 58 valence electrons. The van der Waals surface area contributed by atoms with Crippen LogP contribution in [0.25, 0.3) is 0 Å². The fourth-order valence-corrected chi connectivity index (χ4v) is 0.428. The third-order valence-corrected chi connectivity index (χ3v) is 0.988. The van der Waals surface area contributed by atoms with Crippen molar-refractivity contribution in [2.75, 3.05) is 5.88 Å². The second kappa shape index (κ2) is 6.98. The molecule has 2 heteroatoms. The summed E-state index contributed by atoms with van der Waals surface area (Å²) in [5.74, 6) is 2.84. The first-order valence-electron chi connectivity index (χ1n) is 3.04. The van der Waals surface area contributed by atoms with Crippen LogP contribution in [-0.4, -0.2) is 11.0 Å². The molecule has 0 saturated heterocycles. The number of phenols is 1. The fraction of sp³-hybridized carbons (Fsp3) is 0.111. The second-order valence-corrected chi connectivity index (χ2v) is 1.94. The van der Waals surface area contributed by atoms with Crippen LogP contribution in [0.1, 0.15) is 0 Å². The van der Waals surface area contributed by atoms with E-state index in [0.717, 1.165) is 0 Å². The normalized spacial score (nSPS) is 7.27. The molecule has 0 heterocycles. The number of para-hydroxylation sites is 1. The molecule has 0 radical (unpaired) electrons. The second-order valence-electron chi connectivity index (χ2n) is 1.67. The van der Waals surface area contributed by atoms with Gasteiger partial charge in [-0.1, -0.05) is 24.1 Å². The van der Waals surface area contributed by atoms with Gasteiger partial charge >= 0.3 is 0 Å². The van der Waals surface area contributed by atoms with Crippen LogP contribution in [-0.2, 0) is 0 Å². The number of aromatic hydroxyl groups is 1. The smallest absolute Gasteiger partial charge is 0.115 e. The van der Waals surface area contributed by atoms with E-state index >= 15 is 0 Å². The SMILES string of the molecule is C#CCCl.Oc1ccccc1. The zero-order valence-corrected chi connectivity index (χ0v) is 6.75. The van der Waals surface area contributed by atoms with E-state index in [4.69, 9.17) is 16.7 Å². The van der Waals surface area contributed by atoms with Gasteiger partial charge in [0.05, 0.1) is 5.88 Å². The zero-order valence-electron chi connectivity index (χ0n) is 6.00. The summed E-state index contributed by atoms with van der Waals surface area (Å²) in [5.41, 5.74) is 0. The standard InChI is InChI=1S/C6H6O.C3H3Cl/c7-6-4-2-1-3-5-6;1-2-3-4/h1-5,7H;1H,3H2. The number of halogens is 1. The van der Waals surface area contributed by atoms with Crippen LogP contribution >= 0.6 is 11.6 Å². The predicted molar refractivity (Wildman–Crippen MR) is 47.7 cm³/mol. The summed E-state index contributed by atoms with van der Waals surface area (Å²) in [5, 5.41) is 8.63. The fourth-order valence-electron chi connectivity index (χ4n) is 0.428. The van der Waals surface area contributed by atoms with Gasteiger partial charge in [0, 0.05) is 0 Å². The first kappa shape index (κ1) is 9.87. The van der Waals surface area contributed by atoms with Gasteiger partial charge in [-0.15, -0.1) is 18.0 Å². The van der Waals surface area contributed by atoms with E-state index in [9.17, 15) is 0 Å². The molecule has 0 aliphatic carbocycles.